The average Bonchev–Trinajstić information content (AvgIpc) is 2.42. The minimum absolute atomic E-state index is 0.644. The monoisotopic (exact) mass is 247 g/mol. The second kappa shape index (κ2) is 6.40. The van der Waals surface area contributed by atoms with Gasteiger partial charge in [0.15, 0.2) is 5.96 Å². The van der Waals surface area contributed by atoms with Gasteiger partial charge in [0, 0.05) is 19.6 Å². The van der Waals surface area contributed by atoms with Crippen LogP contribution in [0.25, 0.3) is 0 Å². The van der Waals surface area contributed by atoms with Crippen molar-refractivity contribution in [3.63, 3.8) is 0 Å². The molecule has 1 aromatic carbocycles. The smallest absolute Gasteiger partial charge is 0.191 e. The highest BCUT2D eigenvalue weighted by atomic mass is 16.5. The summed E-state index contributed by atoms with van der Waals surface area (Å²) >= 11 is 0. The molecule has 2 N–H and O–H groups in total. The molecule has 1 aromatic rings. The highest BCUT2D eigenvalue weighted by molar-refractivity contribution is 5.78. The van der Waals surface area contributed by atoms with E-state index in [-0.39, 0.29) is 0 Å². The maximum absolute atomic E-state index is 5.96. The fourth-order valence-electron chi connectivity index (χ4n) is 1.95. The lowest BCUT2D eigenvalue weighted by atomic mass is 10.1. The van der Waals surface area contributed by atoms with E-state index in [0.29, 0.717) is 5.96 Å². The van der Waals surface area contributed by atoms with E-state index < -0.39 is 0 Å². The van der Waals surface area contributed by atoms with Crippen molar-refractivity contribution in [2.24, 2.45) is 10.7 Å². The summed E-state index contributed by atoms with van der Waals surface area (Å²) in [5, 5.41) is 0. The molecule has 18 heavy (non-hydrogen) atoms. The van der Waals surface area contributed by atoms with Crippen LogP contribution in [0.15, 0.2) is 29.3 Å². The Hall–Kier alpha value is -1.55. The van der Waals surface area contributed by atoms with E-state index in [1.54, 1.807) is 0 Å². The normalized spacial score (nSPS) is 16.9. The molecule has 2 rings (SSSR count). The van der Waals surface area contributed by atoms with E-state index in [9.17, 15) is 0 Å². The standard InChI is InChI=1S/C14H21N3O/c1-12-2-4-13(5-3-12)6-7-16-14(15)17-8-10-18-11-9-17/h2-5H,6-11H2,1H3,(H2,15,16). The molecule has 0 saturated carbocycles. The number of benzene rings is 1. The van der Waals surface area contributed by atoms with Crippen molar-refractivity contribution in [3.8, 4) is 0 Å². The molecule has 1 saturated heterocycles. The quantitative estimate of drug-likeness (QED) is 0.644. The number of nitrogens with zero attached hydrogens (tertiary/aromatic N) is 2. The number of morpholine rings is 1. The first-order valence-electron chi connectivity index (χ1n) is 6.44. The Balaban J connectivity index is 1.81. The summed E-state index contributed by atoms with van der Waals surface area (Å²) in [5.41, 5.74) is 8.55. The zero-order chi connectivity index (χ0) is 12.8. The molecule has 4 heteroatoms. The maximum atomic E-state index is 5.96. The molecule has 0 aliphatic carbocycles. The van der Waals surface area contributed by atoms with Crippen LogP contribution in [0.2, 0.25) is 0 Å². The lowest BCUT2D eigenvalue weighted by Crippen LogP contribution is -2.44. The van der Waals surface area contributed by atoms with Crippen molar-refractivity contribution in [2.45, 2.75) is 13.3 Å². The summed E-state index contributed by atoms with van der Waals surface area (Å²) in [6.45, 7) is 6.02. The fraction of sp³-hybridized carbons (Fsp3) is 0.500. The first-order chi connectivity index (χ1) is 8.75. The van der Waals surface area contributed by atoms with Crippen molar-refractivity contribution in [1.29, 1.82) is 0 Å². The van der Waals surface area contributed by atoms with Gasteiger partial charge in [-0.15, -0.1) is 0 Å². The van der Waals surface area contributed by atoms with Gasteiger partial charge < -0.3 is 15.4 Å². The van der Waals surface area contributed by atoms with Crippen LogP contribution in [0.1, 0.15) is 11.1 Å². The van der Waals surface area contributed by atoms with Crippen molar-refractivity contribution in [1.82, 2.24) is 4.90 Å². The Bertz CT molecular complexity index is 394. The van der Waals surface area contributed by atoms with Crippen LogP contribution in [0, 0.1) is 6.92 Å². The van der Waals surface area contributed by atoms with Crippen molar-refractivity contribution in [2.75, 3.05) is 32.8 Å². The molecular formula is C14H21N3O. The van der Waals surface area contributed by atoms with Crippen LogP contribution in [0.5, 0.6) is 0 Å². The third kappa shape index (κ3) is 3.74. The summed E-state index contributed by atoms with van der Waals surface area (Å²) in [4.78, 5) is 6.51. The lowest BCUT2D eigenvalue weighted by molar-refractivity contribution is 0.0674. The number of rotatable bonds is 3. The maximum Gasteiger partial charge on any atom is 0.191 e. The van der Waals surface area contributed by atoms with Gasteiger partial charge in [-0.2, -0.15) is 0 Å². The predicted octanol–water partition coefficient (Wildman–Crippen LogP) is 1.18. The van der Waals surface area contributed by atoms with Gasteiger partial charge >= 0.3 is 0 Å². The van der Waals surface area contributed by atoms with Gasteiger partial charge in [0.25, 0.3) is 0 Å². The Kier molecular flexibility index (Phi) is 4.59. The van der Waals surface area contributed by atoms with Crippen LogP contribution < -0.4 is 5.73 Å². The number of nitrogens with two attached hydrogens (primary N) is 1. The van der Waals surface area contributed by atoms with Crippen LogP contribution in [-0.4, -0.2) is 43.7 Å². The van der Waals surface area contributed by atoms with Crippen LogP contribution in [0.4, 0.5) is 0 Å². The fourth-order valence-corrected chi connectivity index (χ4v) is 1.95. The van der Waals surface area contributed by atoms with Crippen molar-refractivity contribution < 1.29 is 4.74 Å². The summed E-state index contributed by atoms with van der Waals surface area (Å²) in [6.07, 6.45) is 0.936. The minimum Gasteiger partial charge on any atom is -0.378 e. The van der Waals surface area contributed by atoms with Crippen LogP contribution in [-0.2, 0) is 11.2 Å². The Morgan fingerprint density at radius 1 is 1.28 bits per heavy atom. The number of hydrogen-bond donors (Lipinski definition) is 1. The van der Waals surface area contributed by atoms with Gasteiger partial charge in [-0.1, -0.05) is 29.8 Å². The van der Waals surface area contributed by atoms with Crippen molar-refractivity contribution in [3.05, 3.63) is 35.4 Å². The van der Waals surface area contributed by atoms with Gasteiger partial charge in [-0.3, -0.25) is 4.99 Å². The molecule has 1 fully saturated rings. The highest BCUT2D eigenvalue weighted by Gasteiger charge is 2.11. The summed E-state index contributed by atoms with van der Waals surface area (Å²) in [6, 6.07) is 8.56. The number of hydrogen-bond acceptors (Lipinski definition) is 2. The van der Waals surface area contributed by atoms with Crippen LogP contribution in [0.3, 0.4) is 0 Å². The highest BCUT2D eigenvalue weighted by Crippen LogP contribution is 2.04. The zero-order valence-corrected chi connectivity index (χ0v) is 10.9. The second-order valence-corrected chi connectivity index (χ2v) is 4.57. The van der Waals surface area contributed by atoms with Gasteiger partial charge in [0.05, 0.1) is 13.2 Å². The topological polar surface area (TPSA) is 50.8 Å². The first kappa shape index (κ1) is 12.9. The summed E-state index contributed by atoms with van der Waals surface area (Å²) < 4.78 is 5.28. The Morgan fingerprint density at radius 3 is 2.61 bits per heavy atom. The predicted molar refractivity (Wildman–Crippen MR) is 73.8 cm³/mol. The van der Waals surface area contributed by atoms with Gasteiger partial charge in [-0.05, 0) is 18.9 Å². The van der Waals surface area contributed by atoms with E-state index >= 15 is 0 Å². The number of ether oxygens (including phenoxy) is 1. The second-order valence-electron chi connectivity index (χ2n) is 4.57. The molecule has 0 amide bonds. The summed E-state index contributed by atoms with van der Waals surface area (Å²) in [7, 11) is 0. The molecule has 0 atom stereocenters. The van der Waals surface area contributed by atoms with E-state index in [1.807, 2.05) is 0 Å². The number of guanidine groups is 1. The molecule has 0 aromatic heterocycles. The van der Waals surface area contributed by atoms with E-state index in [0.717, 1.165) is 39.3 Å². The number of aryl methyl sites for hydroxylation is 1. The molecule has 0 unspecified atom stereocenters. The number of aliphatic imine (C=N–C) groups is 1. The molecule has 1 aliphatic rings. The Labute approximate surface area is 108 Å². The SMILES string of the molecule is Cc1ccc(CCN=C(N)N2CCOCC2)cc1. The molecular weight excluding hydrogens is 226 g/mol. The molecule has 0 spiro atoms. The molecule has 4 nitrogen and oxygen atoms in total. The van der Waals surface area contributed by atoms with E-state index in [2.05, 4.69) is 41.1 Å². The van der Waals surface area contributed by atoms with Gasteiger partial charge in [-0.25, -0.2) is 0 Å². The molecule has 0 radical (unpaired) electrons. The van der Waals surface area contributed by atoms with Crippen LogP contribution >= 0.6 is 0 Å². The molecule has 98 valence electrons. The Morgan fingerprint density at radius 2 is 1.94 bits per heavy atom. The first-order valence-corrected chi connectivity index (χ1v) is 6.44. The average molecular weight is 247 g/mol. The largest absolute Gasteiger partial charge is 0.378 e. The van der Waals surface area contributed by atoms with E-state index in [1.165, 1.54) is 11.1 Å². The van der Waals surface area contributed by atoms with Gasteiger partial charge in [0.2, 0.25) is 0 Å². The molecule has 1 heterocycles. The van der Waals surface area contributed by atoms with Gasteiger partial charge in [0.1, 0.15) is 0 Å². The summed E-state index contributed by atoms with van der Waals surface area (Å²) in [5.74, 6) is 0.644. The molecule has 1 aliphatic heterocycles. The third-order valence-corrected chi connectivity index (χ3v) is 3.13. The lowest BCUT2D eigenvalue weighted by Gasteiger charge is -2.27. The zero-order valence-electron chi connectivity index (χ0n) is 10.9. The van der Waals surface area contributed by atoms with Crippen molar-refractivity contribution >= 4 is 5.96 Å². The minimum atomic E-state index is 0.644. The third-order valence-electron chi connectivity index (χ3n) is 3.13. The van der Waals surface area contributed by atoms with E-state index in [4.69, 9.17) is 10.5 Å². The molecule has 0 bridgehead atoms.